The summed E-state index contributed by atoms with van der Waals surface area (Å²) in [6, 6.07) is 7.03. The SMILES string of the molecule is C[C@@H](c1cccc(F)c1)C1CCNCC1. The molecule has 1 N–H and O–H groups in total. The molecule has 1 nitrogen and oxygen atoms in total. The van der Waals surface area contributed by atoms with Crippen molar-refractivity contribution in [1.29, 1.82) is 0 Å². The molecule has 15 heavy (non-hydrogen) atoms. The van der Waals surface area contributed by atoms with Gasteiger partial charge in [0.05, 0.1) is 0 Å². The van der Waals surface area contributed by atoms with Crippen molar-refractivity contribution >= 4 is 0 Å². The Morgan fingerprint density at radius 1 is 1.33 bits per heavy atom. The van der Waals surface area contributed by atoms with Crippen LogP contribution in [0.1, 0.15) is 31.2 Å². The number of halogens is 1. The highest BCUT2D eigenvalue weighted by atomic mass is 19.1. The summed E-state index contributed by atoms with van der Waals surface area (Å²) in [5.41, 5.74) is 1.14. The normalized spacial score (nSPS) is 20.1. The summed E-state index contributed by atoms with van der Waals surface area (Å²) in [5, 5.41) is 3.36. The van der Waals surface area contributed by atoms with Crippen LogP contribution in [0.3, 0.4) is 0 Å². The Hall–Kier alpha value is -0.890. The summed E-state index contributed by atoms with van der Waals surface area (Å²) in [6.45, 7) is 4.42. The van der Waals surface area contributed by atoms with E-state index in [2.05, 4.69) is 12.2 Å². The zero-order chi connectivity index (χ0) is 10.7. The van der Waals surface area contributed by atoms with Crippen molar-refractivity contribution in [3.8, 4) is 0 Å². The van der Waals surface area contributed by atoms with Gasteiger partial charge in [0.1, 0.15) is 5.82 Å². The smallest absolute Gasteiger partial charge is 0.123 e. The van der Waals surface area contributed by atoms with E-state index in [1.165, 1.54) is 18.9 Å². The fourth-order valence-electron chi connectivity index (χ4n) is 2.41. The van der Waals surface area contributed by atoms with Crippen molar-refractivity contribution in [1.82, 2.24) is 5.32 Å². The first-order valence-electron chi connectivity index (χ1n) is 5.73. The van der Waals surface area contributed by atoms with Crippen molar-refractivity contribution in [2.75, 3.05) is 13.1 Å². The van der Waals surface area contributed by atoms with Crippen LogP contribution >= 0.6 is 0 Å². The maximum absolute atomic E-state index is 13.1. The highest BCUT2D eigenvalue weighted by molar-refractivity contribution is 5.20. The highest BCUT2D eigenvalue weighted by Gasteiger charge is 2.21. The van der Waals surface area contributed by atoms with Gasteiger partial charge < -0.3 is 5.32 Å². The molecule has 1 atom stereocenters. The average Bonchev–Trinajstić information content (AvgIpc) is 2.29. The maximum Gasteiger partial charge on any atom is 0.123 e. The molecule has 1 fully saturated rings. The lowest BCUT2D eigenvalue weighted by Gasteiger charge is -2.28. The Morgan fingerprint density at radius 2 is 2.07 bits per heavy atom. The maximum atomic E-state index is 13.1. The van der Waals surface area contributed by atoms with Gasteiger partial charge in [-0.15, -0.1) is 0 Å². The second kappa shape index (κ2) is 4.75. The minimum absolute atomic E-state index is 0.117. The van der Waals surface area contributed by atoms with E-state index in [1.807, 2.05) is 12.1 Å². The summed E-state index contributed by atoms with van der Waals surface area (Å²) in [4.78, 5) is 0. The molecule has 1 aromatic carbocycles. The molecule has 0 aliphatic carbocycles. The van der Waals surface area contributed by atoms with Crippen molar-refractivity contribution in [3.63, 3.8) is 0 Å². The van der Waals surface area contributed by atoms with Crippen LogP contribution in [0.2, 0.25) is 0 Å². The van der Waals surface area contributed by atoms with E-state index in [-0.39, 0.29) is 5.82 Å². The van der Waals surface area contributed by atoms with E-state index < -0.39 is 0 Å². The lowest BCUT2D eigenvalue weighted by molar-refractivity contribution is 0.330. The molecule has 0 spiro atoms. The van der Waals surface area contributed by atoms with Crippen LogP contribution in [0, 0.1) is 11.7 Å². The van der Waals surface area contributed by atoms with E-state index in [1.54, 1.807) is 6.07 Å². The van der Waals surface area contributed by atoms with Gasteiger partial charge in [0.2, 0.25) is 0 Å². The van der Waals surface area contributed by atoms with E-state index in [0.29, 0.717) is 11.8 Å². The molecule has 2 rings (SSSR count). The highest BCUT2D eigenvalue weighted by Crippen LogP contribution is 2.30. The topological polar surface area (TPSA) is 12.0 Å². The first-order valence-corrected chi connectivity index (χ1v) is 5.73. The lowest BCUT2D eigenvalue weighted by atomic mass is 9.82. The van der Waals surface area contributed by atoms with E-state index in [9.17, 15) is 4.39 Å². The molecule has 1 aliphatic rings. The van der Waals surface area contributed by atoms with Gasteiger partial charge in [0.15, 0.2) is 0 Å². The van der Waals surface area contributed by atoms with Crippen molar-refractivity contribution in [2.45, 2.75) is 25.7 Å². The average molecular weight is 207 g/mol. The van der Waals surface area contributed by atoms with Gasteiger partial charge in [-0.3, -0.25) is 0 Å². The van der Waals surface area contributed by atoms with Crippen LogP contribution in [0.4, 0.5) is 4.39 Å². The number of benzene rings is 1. The molecule has 0 bridgehead atoms. The minimum Gasteiger partial charge on any atom is -0.317 e. The van der Waals surface area contributed by atoms with Gasteiger partial charge in [-0.05, 0) is 55.5 Å². The summed E-state index contributed by atoms with van der Waals surface area (Å²) in [6.07, 6.45) is 2.41. The lowest BCUT2D eigenvalue weighted by Crippen LogP contribution is -2.30. The van der Waals surface area contributed by atoms with E-state index in [4.69, 9.17) is 0 Å². The van der Waals surface area contributed by atoms with Gasteiger partial charge in [0, 0.05) is 0 Å². The molecule has 0 radical (unpaired) electrons. The fraction of sp³-hybridized carbons (Fsp3) is 0.538. The molecule has 1 heterocycles. The Morgan fingerprint density at radius 3 is 2.73 bits per heavy atom. The largest absolute Gasteiger partial charge is 0.317 e. The number of hydrogen-bond acceptors (Lipinski definition) is 1. The standard InChI is InChI=1S/C13H18FN/c1-10(11-5-7-15-8-6-11)12-3-2-4-13(14)9-12/h2-4,9-11,15H,5-8H2,1H3/t10-/m1/s1. The van der Waals surface area contributed by atoms with Crippen LogP contribution in [0.5, 0.6) is 0 Å². The Kier molecular flexibility index (Phi) is 3.37. The van der Waals surface area contributed by atoms with Gasteiger partial charge in [0.25, 0.3) is 0 Å². The van der Waals surface area contributed by atoms with Gasteiger partial charge in [-0.2, -0.15) is 0 Å². The third-order valence-corrected chi connectivity index (χ3v) is 3.47. The molecular weight excluding hydrogens is 189 g/mol. The second-order valence-corrected chi connectivity index (χ2v) is 4.43. The zero-order valence-corrected chi connectivity index (χ0v) is 9.17. The van der Waals surface area contributed by atoms with Crippen molar-refractivity contribution in [2.24, 2.45) is 5.92 Å². The van der Waals surface area contributed by atoms with Crippen LogP contribution in [0.15, 0.2) is 24.3 Å². The van der Waals surface area contributed by atoms with Crippen LogP contribution < -0.4 is 5.32 Å². The Bertz CT molecular complexity index is 318. The summed E-state index contributed by atoms with van der Waals surface area (Å²) in [5.74, 6) is 1.06. The molecule has 0 unspecified atom stereocenters. The Labute approximate surface area is 90.7 Å². The first kappa shape index (κ1) is 10.6. The molecule has 82 valence electrons. The van der Waals surface area contributed by atoms with Gasteiger partial charge in [-0.1, -0.05) is 19.1 Å². The molecule has 2 heteroatoms. The molecule has 1 aromatic rings. The van der Waals surface area contributed by atoms with Crippen molar-refractivity contribution in [3.05, 3.63) is 35.6 Å². The van der Waals surface area contributed by atoms with E-state index >= 15 is 0 Å². The number of nitrogens with one attached hydrogen (secondary N) is 1. The summed E-state index contributed by atoms with van der Waals surface area (Å²) >= 11 is 0. The Balaban J connectivity index is 2.08. The van der Waals surface area contributed by atoms with Gasteiger partial charge >= 0.3 is 0 Å². The third-order valence-electron chi connectivity index (χ3n) is 3.47. The number of rotatable bonds is 2. The van der Waals surface area contributed by atoms with Crippen LogP contribution in [0.25, 0.3) is 0 Å². The molecule has 1 saturated heterocycles. The van der Waals surface area contributed by atoms with Gasteiger partial charge in [-0.25, -0.2) is 4.39 Å². The first-order chi connectivity index (χ1) is 7.27. The summed E-state index contributed by atoms with van der Waals surface area (Å²) in [7, 11) is 0. The summed E-state index contributed by atoms with van der Waals surface area (Å²) < 4.78 is 13.1. The molecule has 1 aliphatic heterocycles. The fourth-order valence-corrected chi connectivity index (χ4v) is 2.41. The second-order valence-electron chi connectivity index (χ2n) is 4.43. The van der Waals surface area contributed by atoms with Crippen molar-refractivity contribution < 1.29 is 4.39 Å². The third kappa shape index (κ3) is 2.57. The predicted octanol–water partition coefficient (Wildman–Crippen LogP) is 2.93. The quantitative estimate of drug-likeness (QED) is 0.786. The number of hydrogen-bond donors (Lipinski definition) is 1. The molecule has 0 saturated carbocycles. The zero-order valence-electron chi connectivity index (χ0n) is 9.17. The number of piperidine rings is 1. The minimum atomic E-state index is -0.117. The molecular formula is C13H18FN. The molecule has 0 aromatic heterocycles. The van der Waals surface area contributed by atoms with Crippen LogP contribution in [-0.2, 0) is 0 Å². The predicted molar refractivity (Wildman–Crippen MR) is 60.4 cm³/mol. The van der Waals surface area contributed by atoms with E-state index in [0.717, 1.165) is 18.7 Å². The molecule has 0 amide bonds. The van der Waals surface area contributed by atoms with Crippen LogP contribution in [-0.4, -0.2) is 13.1 Å². The monoisotopic (exact) mass is 207 g/mol.